The Labute approximate surface area is 423 Å². The second-order valence-corrected chi connectivity index (χ2v) is 24.6. The minimum Gasteiger partial charge on any atom is -0.311 e. The molecule has 0 spiro atoms. The number of benzene rings is 11. The minimum atomic E-state index is -2.36. The number of rotatable bonds is 11. The van der Waals surface area contributed by atoms with Crippen LogP contribution in [0.5, 0.6) is 0 Å². The molecule has 0 saturated carbocycles. The van der Waals surface area contributed by atoms with Gasteiger partial charge in [0.1, 0.15) is 0 Å². The first kappa shape index (κ1) is 44.4. The Balaban J connectivity index is 1.21. The van der Waals surface area contributed by atoms with E-state index < -0.39 is 8.07 Å². The number of aromatic nitrogens is 1. The van der Waals surface area contributed by atoms with Crippen molar-refractivity contribution in [2.24, 2.45) is 0 Å². The Morgan fingerprint density at radius 1 is 0.292 bits per heavy atom. The molecule has 0 aliphatic heterocycles. The summed E-state index contributed by atoms with van der Waals surface area (Å²) in [6.45, 7) is 7.51. The monoisotopic (exact) mass is 939 g/mol. The number of nitrogens with zero attached hydrogens (tertiary/aromatic N) is 3. The summed E-state index contributed by atoms with van der Waals surface area (Å²) in [5.74, 6) is 0. The van der Waals surface area contributed by atoms with E-state index in [0.29, 0.717) is 0 Å². The maximum absolute atomic E-state index is 4.31. The molecular weight excluding hydrogens is 887 g/mol. The van der Waals surface area contributed by atoms with Crippen LogP contribution in [0, 0.1) is 0 Å². The van der Waals surface area contributed by atoms with Gasteiger partial charge in [-0.1, -0.05) is 202 Å². The first-order valence-corrected chi connectivity index (χ1v) is 28.3. The van der Waals surface area contributed by atoms with E-state index in [1.165, 1.54) is 59.8 Å². The van der Waals surface area contributed by atoms with E-state index in [-0.39, 0.29) is 0 Å². The summed E-state index contributed by atoms with van der Waals surface area (Å²) in [4.78, 5) is 9.39. The van der Waals surface area contributed by atoms with Crippen molar-refractivity contribution in [3.8, 4) is 44.5 Å². The average molecular weight is 940 g/mol. The van der Waals surface area contributed by atoms with Crippen LogP contribution in [-0.2, 0) is 0 Å². The van der Waals surface area contributed by atoms with Crippen molar-refractivity contribution in [1.29, 1.82) is 0 Å². The third-order valence-corrected chi connectivity index (χ3v) is 16.0. The van der Waals surface area contributed by atoms with Gasteiger partial charge in [0.05, 0.1) is 8.07 Å². The maximum atomic E-state index is 4.31. The van der Waals surface area contributed by atoms with Gasteiger partial charge in [0.25, 0.3) is 0 Å². The van der Waals surface area contributed by atoms with E-state index in [1.807, 2.05) is 12.4 Å². The smallest absolute Gasteiger partial charge is 0.0831 e. The topological polar surface area (TPSA) is 19.4 Å². The lowest BCUT2D eigenvalue weighted by Gasteiger charge is -2.37. The molecule has 0 aliphatic rings. The van der Waals surface area contributed by atoms with E-state index in [1.54, 1.807) is 0 Å². The Morgan fingerprint density at radius 3 is 1.53 bits per heavy atom. The van der Waals surface area contributed by atoms with Gasteiger partial charge in [0, 0.05) is 46.5 Å². The normalized spacial score (nSPS) is 11.5. The molecule has 0 aliphatic carbocycles. The standard InChI is InChI=1S/C68H53N3Si/c1-72(2,3)68-66(70(56-26-11-6-12-27-56)57-36-33-49(34-37-57)50-39-41-69-42-40-50)45-55(62-31-18-32-63-60-29-15-13-23-52(60)35-38-64(62)63)46-67(68)71(58-28-17-25-53(43-58)48-19-7-4-8-20-48)59-44-54-24-14-16-30-61(54)65(47-59)51-21-9-5-10-22-51/h4-47H,1-3H3. The molecule has 0 fully saturated rings. The molecule has 11 aromatic carbocycles. The summed E-state index contributed by atoms with van der Waals surface area (Å²) in [5, 5.41) is 8.70. The molecule has 1 heterocycles. The van der Waals surface area contributed by atoms with Gasteiger partial charge in [0.15, 0.2) is 0 Å². The SMILES string of the molecule is C[Si](C)(C)c1c(N(c2ccccc2)c2ccc(-c3ccncc3)cc2)cc(-c2cccc3c2ccc2ccccc23)cc1N(c1cccc(-c2ccccc2)c1)c1cc(-c2ccccc2)c2ccccc2c1. The molecule has 0 bridgehead atoms. The molecule has 0 N–H and O–H groups in total. The number of fused-ring (bicyclic) bond motifs is 4. The van der Waals surface area contributed by atoms with Crippen LogP contribution >= 0.6 is 0 Å². The third-order valence-electron chi connectivity index (χ3n) is 14.0. The van der Waals surface area contributed by atoms with Crippen LogP contribution in [0.25, 0.3) is 76.8 Å². The predicted molar refractivity (Wildman–Crippen MR) is 311 cm³/mol. The molecule has 0 unspecified atom stereocenters. The molecule has 1 aromatic heterocycles. The van der Waals surface area contributed by atoms with Gasteiger partial charge in [-0.05, 0) is 155 Å². The van der Waals surface area contributed by atoms with Crippen LogP contribution in [-0.4, -0.2) is 13.1 Å². The number of para-hydroxylation sites is 1. The van der Waals surface area contributed by atoms with Gasteiger partial charge in [-0.3, -0.25) is 4.98 Å². The summed E-state index contributed by atoms with van der Waals surface area (Å²) in [7, 11) is -2.36. The molecule has 12 rings (SSSR count). The van der Waals surface area contributed by atoms with Crippen LogP contribution in [0.15, 0.2) is 267 Å². The van der Waals surface area contributed by atoms with Gasteiger partial charge in [-0.2, -0.15) is 0 Å². The Morgan fingerprint density at radius 2 is 0.819 bits per heavy atom. The van der Waals surface area contributed by atoms with Crippen molar-refractivity contribution in [3.63, 3.8) is 0 Å². The highest BCUT2D eigenvalue weighted by Gasteiger charge is 2.33. The molecule has 344 valence electrons. The quantitative estimate of drug-likeness (QED) is 0.0951. The molecule has 0 saturated heterocycles. The highest BCUT2D eigenvalue weighted by atomic mass is 28.3. The fourth-order valence-electron chi connectivity index (χ4n) is 10.7. The predicted octanol–water partition coefficient (Wildman–Crippen LogP) is 18.7. The van der Waals surface area contributed by atoms with E-state index in [2.05, 4.69) is 289 Å². The minimum absolute atomic E-state index is 1.08. The molecule has 0 amide bonds. The Hall–Kier alpha value is -8.83. The zero-order chi connectivity index (χ0) is 48.6. The van der Waals surface area contributed by atoms with Crippen molar-refractivity contribution in [2.75, 3.05) is 9.80 Å². The van der Waals surface area contributed by atoms with Crippen LogP contribution in [0.3, 0.4) is 0 Å². The molecule has 3 nitrogen and oxygen atoms in total. The summed E-state index contributed by atoms with van der Waals surface area (Å²) in [6.07, 6.45) is 3.73. The molecule has 12 aromatic rings. The number of anilines is 6. The van der Waals surface area contributed by atoms with Gasteiger partial charge in [-0.15, -0.1) is 0 Å². The van der Waals surface area contributed by atoms with Crippen molar-refractivity contribution >= 4 is 79.7 Å². The van der Waals surface area contributed by atoms with Crippen molar-refractivity contribution in [3.05, 3.63) is 267 Å². The second kappa shape index (κ2) is 18.8. The fourth-order valence-corrected chi connectivity index (χ4v) is 12.6. The summed E-state index contributed by atoms with van der Waals surface area (Å²) in [5.41, 5.74) is 16.0. The molecular formula is C68H53N3Si. The first-order valence-electron chi connectivity index (χ1n) is 24.8. The van der Waals surface area contributed by atoms with Gasteiger partial charge in [0.2, 0.25) is 0 Å². The van der Waals surface area contributed by atoms with E-state index >= 15 is 0 Å². The molecule has 0 atom stereocenters. The van der Waals surface area contributed by atoms with E-state index in [0.717, 1.165) is 56.4 Å². The lowest BCUT2D eigenvalue weighted by Crippen LogP contribution is -2.43. The second-order valence-electron chi connectivity index (χ2n) is 19.6. The largest absolute Gasteiger partial charge is 0.311 e. The van der Waals surface area contributed by atoms with Gasteiger partial charge >= 0.3 is 0 Å². The zero-order valence-electron chi connectivity index (χ0n) is 40.7. The number of hydrogen-bond acceptors (Lipinski definition) is 3. The van der Waals surface area contributed by atoms with Gasteiger partial charge in [-0.25, -0.2) is 0 Å². The molecule has 4 heteroatoms. The lowest BCUT2D eigenvalue weighted by molar-refractivity contribution is 1.26. The van der Waals surface area contributed by atoms with Crippen LogP contribution in [0.2, 0.25) is 19.6 Å². The highest BCUT2D eigenvalue weighted by molar-refractivity contribution is 6.91. The van der Waals surface area contributed by atoms with Crippen molar-refractivity contribution in [2.45, 2.75) is 19.6 Å². The molecule has 72 heavy (non-hydrogen) atoms. The lowest BCUT2D eigenvalue weighted by atomic mass is 9.93. The van der Waals surface area contributed by atoms with E-state index in [9.17, 15) is 0 Å². The number of hydrogen-bond donors (Lipinski definition) is 0. The zero-order valence-corrected chi connectivity index (χ0v) is 41.7. The van der Waals surface area contributed by atoms with E-state index in [4.69, 9.17) is 0 Å². The summed E-state index contributed by atoms with van der Waals surface area (Å²) in [6, 6.07) is 93.7. The Kier molecular flexibility index (Phi) is 11.6. The van der Waals surface area contributed by atoms with Crippen LogP contribution in [0.1, 0.15) is 0 Å². The first-order chi connectivity index (χ1) is 35.4. The third kappa shape index (κ3) is 8.42. The highest BCUT2D eigenvalue weighted by Crippen LogP contribution is 2.47. The van der Waals surface area contributed by atoms with Crippen LogP contribution in [0.4, 0.5) is 34.1 Å². The summed E-state index contributed by atoms with van der Waals surface area (Å²) < 4.78 is 0. The summed E-state index contributed by atoms with van der Waals surface area (Å²) >= 11 is 0. The Bertz CT molecular complexity index is 3890. The molecule has 0 radical (unpaired) electrons. The van der Waals surface area contributed by atoms with Crippen molar-refractivity contribution in [1.82, 2.24) is 4.98 Å². The van der Waals surface area contributed by atoms with Crippen molar-refractivity contribution < 1.29 is 0 Å². The van der Waals surface area contributed by atoms with Crippen LogP contribution < -0.4 is 15.0 Å². The maximum Gasteiger partial charge on any atom is 0.0831 e. The fraction of sp³-hybridized carbons (Fsp3) is 0.0441. The van der Waals surface area contributed by atoms with Gasteiger partial charge < -0.3 is 9.80 Å². The average Bonchev–Trinajstić information content (AvgIpc) is 3.44. The number of pyridine rings is 1.